The van der Waals surface area contributed by atoms with Gasteiger partial charge in [0.1, 0.15) is 5.75 Å². The van der Waals surface area contributed by atoms with Gasteiger partial charge in [-0.2, -0.15) is 0 Å². The van der Waals surface area contributed by atoms with Crippen molar-refractivity contribution in [3.8, 4) is 5.75 Å². The van der Waals surface area contributed by atoms with E-state index in [4.69, 9.17) is 0 Å². The van der Waals surface area contributed by atoms with E-state index in [0.717, 1.165) is 28.7 Å². The van der Waals surface area contributed by atoms with Gasteiger partial charge < -0.3 is 10.2 Å². The summed E-state index contributed by atoms with van der Waals surface area (Å²) in [5.41, 5.74) is 3.98. The van der Waals surface area contributed by atoms with Crippen LogP contribution in [0.25, 0.3) is 0 Å². The van der Waals surface area contributed by atoms with Crippen LogP contribution in [0.3, 0.4) is 0 Å². The molecule has 1 atom stereocenters. The van der Waals surface area contributed by atoms with Gasteiger partial charge in [-0.25, -0.2) is 0 Å². The van der Waals surface area contributed by atoms with Crippen LogP contribution in [0.15, 0.2) is 42.5 Å². The second kappa shape index (κ2) is 7.21. The summed E-state index contributed by atoms with van der Waals surface area (Å²) in [5, 5.41) is 20.7. The Labute approximate surface area is 152 Å². The van der Waals surface area contributed by atoms with E-state index in [9.17, 15) is 10.2 Å². The van der Waals surface area contributed by atoms with E-state index in [1.807, 2.05) is 18.2 Å². The number of rotatable bonds is 4. The van der Waals surface area contributed by atoms with Gasteiger partial charge in [-0.3, -0.25) is 0 Å². The first-order valence-corrected chi connectivity index (χ1v) is 9.06. The summed E-state index contributed by atoms with van der Waals surface area (Å²) < 4.78 is 0. The molecule has 2 N–H and O–H groups in total. The van der Waals surface area contributed by atoms with Gasteiger partial charge >= 0.3 is 0 Å². The molecule has 25 heavy (non-hydrogen) atoms. The minimum atomic E-state index is -0.137. The predicted molar refractivity (Wildman–Crippen MR) is 105 cm³/mol. The lowest BCUT2D eigenvalue weighted by molar-refractivity contribution is 0.264. The third kappa shape index (κ3) is 4.64. The lowest BCUT2D eigenvalue weighted by Crippen LogP contribution is -2.18. The molecule has 2 heteroatoms. The summed E-state index contributed by atoms with van der Waals surface area (Å²) in [7, 11) is 0. The second-order valence-electron chi connectivity index (χ2n) is 9.03. The molecule has 0 fully saturated rings. The summed E-state index contributed by atoms with van der Waals surface area (Å²) >= 11 is 0. The van der Waals surface area contributed by atoms with Gasteiger partial charge in [0.15, 0.2) is 0 Å². The number of hydrogen-bond acceptors (Lipinski definition) is 2. The van der Waals surface area contributed by atoms with Crippen molar-refractivity contribution < 1.29 is 10.2 Å². The molecule has 0 bridgehead atoms. The quantitative estimate of drug-likeness (QED) is 0.792. The fraction of sp³-hybridized carbons (Fsp3) is 0.478. The number of phenols is 1. The second-order valence-corrected chi connectivity index (χ2v) is 9.03. The fourth-order valence-corrected chi connectivity index (χ4v) is 3.25. The summed E-state index contributed by atoms with van der Waals surface area (Å²) in [6.07, 6.45) is 0.757. The van der Waals surface area contributed by atoms with E-state index in [-0.39, 0.29) is 23.4 Å². The van der Waals surface area contributed by atoms with Crippen molar-refractivity contribution >= 4 is 0 Å². The zero-order valence-electron chi connectivity index (χ0n) is 16.4. The van der Waals surface area contributed by atoms with Crippen LogP contribution in [0.5, 0.6) is 5.75 Å². The normalized spacial score (nSPS) is 13.7. The molecule has 2 rings (SSSR count). The Balaban J connectivity index is 2.50. The standard InChI is InChI=1S/C23H32O2/c1-22(2,3)19-13-16(14-20(21(19)25)23(4,5)6)12-18(15-24)17-10-8-7-9-11-17/h7-11,13-14,18,24-25H,12,15H2,1-6H3. The molecule has 0 aliphatic heterocycles. The lowest BCUT2D eigenvalue weighted by Gasteiger charge is -2.29. The van der Waals surface area contributed by atoms with Crippen molar-refractivity contribution in [3.63, 3.8) is 0 Å². The minimum absolute atomic E-state index is 0.0615. The highest BCUT2D eigenvalue weighted by Gasteiger charge is 2.27. The first kappa shape index (κ1) is 19.5. The summed E-state index contributed by atoms with van der Waals surface area (Å²) in [6, 6.07) is 14.4. The Morgan fingerprint density at radius 1 is 0.840 bits per heavy atom. The molecule has 1 unspecified atom stereocenters. The molecule has 2 aromatic carbocycles. The van der Waals surface area contributed by atoms with Gasteiger partial charge in [-0.1, -0.05) is 84.0 Å². The van der Waals surface area contributed by atoms with Crippen LogP contribution < -0.4 is 0 Å². The minimum Gasteiger partial charge on any atom is -0.507 e. The van der Waals surface area contributed by atoms with Crippen LogP contribution in [-0.2, 0) is 17.3 Å². The molecule has 0 amide bonds. The molecule has 0 saturated carbocycles. The van der Waals surface area contributed by atoms with Crippen LogP contribution in [0.2, 0.25) is 0 Å². The molecule has 2 aromatic rings. The first-order chi connectivity index (χ1) is 11.5. The Bertz CT molecular complexity index is 668. The van der Waals surface area contributed by atoms with E-state index < -0.39 is 0 Å². The van der Waals surface area contributed by atoms with Gasteiger partial charge in [0.2, 0.25) is 0 Å². The molecular formula is C23H32O2. The molecule has 0 aliphatic rings. The van der Waals surface area contributed by atoms with Crippen molar-refractivity contribution in [3.05, 3.63) is 64.7 Å². The zero-order chi connectivity index (χ0) is 18.8. The average molecular weight is 341 g/mol. The highest BCUT2D eigenvalue weighted by molar-refractivity contribution is 5.50. The highest BCUT2D eigenvalue weighted by atomic mass is 16.3. The molecule has 0 radical (unpaired) electrons. The fourth-order valence-electron chi connectivity index (χ4n) is 3.25. The molecular weight excluding hydrogens is 308 g/mol. The first-order valence-electron chi connectivity index (χ1n) is 9.06. The molecule has 0 aromatic heterocycles. The number of aliphatic hydroxyl groups is 1. The Morgan fingerprint density at radius 3 is 1.72 bits per heavy atom. The lowest BCUT2D eigenvalue weighted by atomic mass is 9.77. The van der Waals surface area contributed by atoms with Crippen LogP contribution in [0.1, 0.15) is 69.7 Å². The Kier molecular flexibility index (Phi) is 5.63. The van der Waals surface area contributed by atoms with Crippen molar-refractivity contribution in [1.29, 1.82) is 0 Å². The van der Waals surface area contributed by atoms with E-state index in [1.54, 1.807) is 0 Å². The van der Waals surface area contributed by atoms with Crippen molar-refractivity contribution in [1.82, 2.24) is 0 Å². The third-order valence-electron chi connectivity index (χ3n) is 4.76. The van der Waals surface area contributed by atoms with Gasteiger partial charge in [0, 0.05) is 5.92 Å². The van der Waals surface area contributed by atoms with Crippen LogP contribution >= 0.6 is 0 Å². The number of aromatic hydroxyl groups is 1. The van der Waals surface area contributed by atoms with Crippen molar-refractivity contribution in [2.75, 3.05) is 6.61 Å². The average Bonchev–Trinajstić information content (AvgIpc) is 2.52. The molecule has 0 saturated heterocycles. The monoisotopic (exact) mass is 340 g/mol. The van der Waals surface area contributed by atoms with Crippen molar-refractivity contribution in [2.45, 2.75) is 64.7 Å². The Hall–Kier alpha value is -1.80. The number of aliphatic hydroxyl groups excluding tert-OH is 1. The molecule has 0 spiro atoms. The smallest absolute Gasteiger partial charge is 0.123 e. The topological polar surface area (TPSA) is 40.5 Å². The van der Waals surface area contributed by atoms with Gasteiger partial charge in [-0.05, 0) is 39.5 Å². The summed E-state index contributed by atoms with van der Waals surface area (Å²) in [4.78, 5) is 0. The zero-order valence-corrected chi connectivity index (χ0v) is 16.4. The number of phenolic OH excluding ortho intramolecular Hbond substituents is 1. The molecule has 2 nitrogen and oxygen atoms in total. The summed E-state index contributed by atoms with van der Waals surface area (Å²) in [6.45, 7) is 12.9. The predicted octanol–water partition coefficient (Wildman–Crippen LogP) is 5.31. The SMILES string of the molecule is CC(C)(C)c1cc(CC(CO)c2ccccc2)cc(C(C)(C)C)c1O. The number of benzene rings is 2. The van der Waals surface area contributed by atoms with Gasteiger partial charge in [-0.15, -0.1) is 0 Å². The molecule has 0 heterocycles. The molecule has 0 aliphatic carbocycles. The van der Waals surface area contributed by atoms with E-state index in [0.29, 0.717) is 5.75 Å². The van der Waals surface area contributed by atoms with E-state index in [1.165, 1.54) is 0 Å². The van der Waals surface area contributed by atoms with Crippen molar-refractivity contribution in [2.24, 2.45) is 0 Å². The maximum atomic E-state index is 10.8. The van der Waals surface area contributed by atoms with Gasteiger partial charge in [0.25, 0.3) is 0 Å². The Morgan fingerprint density at radius 2 is 1.32 bits per heavy atom. The van der Waals surface area contributed by atoms with Gasteiger partial charge in [0.05, 0.1) is 6.61 Å². The molecule has 136 valence electrons. The van der Waals surface area contributed by atoms with Crippen LogP contribution in [0.4, 0.5) is 0 Å². The summed E-state index contributed by atoms with van der Waals surface area (Å²) in [5.74, 6) is 0.468. The van der Waals surface area contributed by atoms with Crippen LogP contribution in [-0.4, -0.2) is 16.8 Å². The van der Waals surface area contributed by atoms with E-state index in [2.05, 4.69) is 65.8 Å². The highest BCUT2D eigenvalue weighted by Crippen LogP contribution is 2.40. The largest absolute Gasteiger partial charge is 0.507 e. The maximum absolute atomic E-state index is 10.8. The third-order valence-corrected chi connectivity index (χ3v) is 4.76. The number of hydrogen-bond donors (Lipinski definition) is 2. The van der Waals surface area contributed by atoms with E-state index >= 15 is 0 Å². The van der Waals surface area contributed by atoms with Crippen LogP contribution in [0, 0.1) is 0 Å². The maximum Gasteiger partial charge on any atom is 0.123 e.